The average Bonchev–Trinajstić information content (AvgIpc) is 2.81. The van der Waals surface area contributed by atoms with Crippen LogP contribution in [0.15, 0.2) is 18.3 Å². The van der Waals surface area contributed by atoms with Crippen molar-refractivity contribution in [2.45, 2.75) is 24.4 Å². The highest BCUT2D eigenvalue weighted by Crippen LogP contribution is 2.39. The van der Waals surface area contributed by atoms with Gasteiger partial charge in [-0.05, 0) is 6.07 Å². The summed E-state index contributed by atoms with van der Waals surface area (Å²) >= 11 is 5.55. The van der Waals surface area contributed by atoms with Gasteiger partial charge in [-0.3, -0.25) is 4.90 Å². The third-order valence-electron chi connectivity index (χ3n) is 3.38. The lowest BCUT2D eigenvalue weighted by molar-refractivity contribution is -0.188. The summed E-state index contributed by atoms with van der Waals surface area (Å²) in [6, 6.07) is -1.42. The van der Waals surface area contributed by atoms with Gasteiger partial charge in [0, 0.05) is 24.8 Å². The summed E-state index contributed by atoms with van der Waals surface area (Å²) in [7, 11) is 0. The lowest BCUT2D eigenvalue weighted by Gasteiger charge is -2.36. The highest BCUT2D eigenvalue weighted by atomic mass is 35.5. The molecule has 0 aromatic carbocycles. The normalized spacial score (nSPS) is 23.3. The number of carboxylic acid groups (broad SMARTS) is 1. The number of alkyl halides is 3. The van der Waals surface area contributed by atoms with E-state index in [9.17, 15) is 28.2 Å². The first-order valence-corrected chi connectivity index (χ1v) is 6.68. The highest BCUT2D eigenvalue weighted by Gasteiger charge is 2.51. The molecule has 3 atom stereocenters. The maximum atomic E-state index is 13.4. The second kappa shape index (κ2) is 6.27. The van der Waals surface area contributed by atoms with Crippen molar-refractivity contribution in [1.82, 2.24) is 15.2 Å². The number of hydrogen-bond donors (Lipinski definition) is 3. The summed E-state index contributed by atoms with van der Waals surface area (Å²) in [6.45, 7) is -0.0427. The van der Waals surface area contributed by atoms with Gasteiger partial charge >= 0.3 is 12.3 Å². The monoisotopic (exact) mass is 339 g/mol. The number of β-amino-alcohol motifs (C(OH)–C–C–N with tert-alkyl or cyclic N) is 1. The number of amides is 1. The second-order valence-corrected chi connectivity index (χ2v) is 5.23. The Labute approximate surface area is 128 Å². The number of nitrogens with zero attached hydrogens (tertiary/aromatic N) is 2. The van der Waals surface area contributed by atoms with Crippen molar-refractivity contribution in [3.63, 3.8) is 0 Å². The topological polar surface area (TPSA) is 85.7 Å². The van der Waals surface area contributed by atoms with Gasteiger partial charge in [-0.2, -0.15) is 13.2 Å². The molecule has 0 aliphatic carbocycles. The first kappa shape index (κ1) is 16.8. The number of rotatable bonds is 3. The molecule has 10 heteroatoms. The average molecular weight is 340 g/mol. The first-order valence-electron chi connectivity index (χ1n) is 6.30. The van der Waals surface area contributed by atoms with E-state index in [4.69, 9.17) is 11.6 Å². The van der Waals surface area contributed by atoms with E-state index in [0.29, 0.717) is 0 Å². The molecule has 1 amide bonds. The number of aliphatic hydroxyl groups is 1. The molecule has 1 fully saturated rings. The summed E-state index contributed by atoms with van der Waals surface area (Å²) in [5.41, 5.74) is -0.363. The summed E-state index contributed by atoms with van der Waals surface area (Å²) in [4.78, 5) is 15.2. The van der Waals surface area contributed by atoms with Gasteiger partial charge in [0.1, 0.15) is 5.15 Å². The third-order valence-corrected chi connectivity index (χ3v) is 3.61. The van der Waals surface area contributed by atoms with Gasteiger partial charge in [-0.1, -0.05) is 17.7 Å². The number of aliphatic hydroxyl groups excluding tert-OH is 1. The molecule has 0 unspecified atom stereocenters. The molecule has 2 heterocycles. The van der Waals surface area contributed by atoms with Gasteiger partial charge < -0.3 is 15.5 Å². The summed E-state index contributed by atoms with van der Waals surface area (Å²) in [5.74, 6) is 0. The Hall–Kier alpha value is -1.58. The zero-order valence-electron chi connectivity index (χ0n) is 11.1. The Morgan fingerprint density at radius 3 is 2.55 bits per heavy atom. The molecule has 0 bridgehead atoms. The molecular formula is C12H13ClF3N3O3. The molecule has 2 rings (SSSR count). The second-order valence-electron chi connectivity index (χ2n) is 4.84. The van der Waals surface area contributed by atoms with Crippen LogP contribution in [0.5, 0.6) is 0 Å². The number of halogens is 4. The maximum Gasteiger partial charge on any atom is 0.413 e. The van der Waals surface area contributed by atoms with E-state index >= 15 is 0 Å². The van der Waals surface area contributed by atoms with E-state index < -0.39 is 30.5 Å². The quantitative estimate of drug-likeness (QED) is 0.729. The first-order chi connectivity index (χ1) is 10.2. The molecule has 122 valence electrons. The number of carbonyl (C=O) groups is 1. The van der Waals surface area contributed by atoms with Gasteiger partial charge in [0.15, 0.2) is 6.04 Å². The van der Waals surface area contributed by atoms with Gasteiger partial charge in [0.25, 0.3) is 0 Å². The van der Waals surface area contributed by atoms with Crippen molar-refractivity contribution in [2.24, 2.45) is 0 Å². The fraction of sp³-hybridized carbons (Fsp3) is 0.500. The van der Waals surface area contributed by atoms with Gasteiger partial charge in [0.2, 0.25) is 0 Å². The van der Waals surface area contributed by atoms with Crippen LogP contribution in [-0.2, 0) is 0 Å². The van der Waals surface area contributed by atoms with Crippen LogP contribution < -0.4 is 5.32 Å². The van der Waals surface area contributed by atoms with Gasteiger partial charge in [-0.25, -0.2) is 9.78 Å². The van der Waals surface area contributed by atoms with Crippen LogP contribution in [0.3, 0.4) is 0 Å². The SMILES string of the molecule is O=C(O)N([C@@H]1CNC[C@H]1O)[C@H](c1ccc(Cl)nc1)C(F)(F)F. The van der Waals surface area contributed by atoms with Crippen LogP contribution >= 0.6 is 11.6 Å². The van der Waals surface area contributed by atoms with E-state index in [2.05, 4.69) is 10.3 Å². The smallest absolute Gasteiger partial charge is 0.413 e. The minimum atomic E-state index is -4.86. The molecule has 1 aliphatic heterocycles. The Bertz CT molecular complexity index is 541. The largest absolute Gasteiger partial charge is 0.465 e. The Kier molecular flexibility index (Phi) is 4.78. The Morgan fingerprint density at radius 2 is 2.14 bits per heavy atom. The lowest BCUT2D eigenvalue weighted by atomic mass is 10.0. The molecule has 0 radical (unpaired) electrons. The van der Waals surface area contributed by atoms with Crippen molar-refractivity contribution in [3.8, 4) is 0 Å². The van der Waals surface area contributed by atoms with E-state index in [1.54, 1.807) is 0 Å². The van der Waals surface area contributed by atoms with Crippen molar-refractivity contribution in [1.29, 1.82) is 0 Å². The molecule has 1 aromatic rings. The molecule has 3 N–H and O–H groups in total. The van der Waals surface area contributed by atoms with Gasteiger partial charge in [0.05, 0.1) is 12.1 Å². The Morgan fingerprint density at radius 1 is 1.45 bits per heavy atom. The predicted molar refractivity (Wildman–Crippen MR) is 70.6 cm³/mol. The molecule has 22 heavy (non-hydrogen) atoms. The molecule has 1 aliphatic rings. The van der Waals surface area contributed by atoms with Crippen LogP contribution in [0, 0.1) is 0 Å². The predicted octanol–water partition coefficient (Wildman–Crippen LogP) is 1.65. The van der Waals surface area contributed by atoms with Crippen LogP contribution in [0.4, 0.5) is 18.0 Å². The number of pyridine rings is 1. The van der Waals surface area contributed by atoms with Crippen molar-refractivity contribution >= 4 is 17.7 Å². The summed E-state index contributed by atoms with van der Waals surface area (Å²) in [5, 5.41) is 21.6. The molecule has 0 saturated carbocycles. The molecule has 1 saturated heterocycles. The van der Waals surface area contributed by atoms with E-state index in [1.807, 2.05) is 0 Å². The molecular weight excluding hydrogens is 327 g/mol. The van der Waals surface area contributed by atoms with Crippen molar-refractivity contribution < 1.29 is 28.2 Å². The lowest BCUT2D eigenvalue weighted by Crippen LogP contribution is -2.52. The number of aromatic nitrogens is 1. The van der Waals surface area contributed by atoms with Crippen molar-refractivity contribution in [3.05, 3.63) is 29.0 Å². The molecule has 6 nitrogen and oxygen atoms in total. The fourth-order valence-electron chi connectivity index (χ4n) is 2.43. The molecule has 0 spiro atoms. The van der Waals surface area contributed by atoms with Crippen LogP contribution in [0.25, 0.3) is 0 Å². The minimum Gasteiger partial charge on any atom is -0.465 e. The zero-order valence-corrected chi connectivity index (χ0v) is 11.8. The van der Waals surface area contributed by atoms with Gasteiger partial charge in [-0.15, -0.1) is 0 Å². The van der Waals surface area contributed by atoms with Crippen molar-refractivity contribution in [2.75, 3.05) is 13.1 Å². The van der Waals surface area contributed by atoms with E-state index in [0.717, 1.165) is 18.3 Å². The minimum absolute atomic E-state index is 0.00545. The van der Waals surface area contributed by atoms with Crippen LogP contribution in [0.2, 0.25) is 5.15 Å². The van der Waals surface area contributed by atoms with E-state index in [1.165, 1.54) is 0 Å². The zero-order chi connectivity index (χ0) is 16.5. The fourth-order valence-corrected chi connectivity index (χ4v) is 2.55. The third kappa shape index (κ3) is 3.42. The number of nitrogens with one attached hydrogen (secondary N) is 1. The van der Waals surface area contributed by atoms with E-state index in [-0.39, 0.29) is 28.7 Å². The summed E-state index contributed by atoms with van der Waals surface area (Å²) in [6.07, 6.45) is -6.98. The number of hydrogen-bond acceptors (Lipinski definition) is 4. The standard InChI is InChI=1S/C12H13ClF3N3O3/c13-9-2-1-6(3-18-9)10(12(14,15)16)19(11(21)22)7-4-17-5-8(7)20/h1-3,7-8,10,17,20H,4-5H2,(H,21,22)/t7-,8-,10-/m1/s1. The molecule has 1 aromatic heterocycles. The van der Waals surface area contributed by atoms with Crippen LogP contribution in [0.1, 0.15) is 11.6 Å². The summed E-state index contributed by atoms with van der Waals surface area (Å²) < 4.78 is 40.3. The highest BCUT2D eigenvalue weighted by molar-refractivity contribution is 6.29. The Balaban J connectivity index is 2.45. The maximum absolute atomic E-state index is 13.4. The van der Waals surface area contributed by atoms with Crippen LogP contribution in [-0.4, -0.2) is 57.6 Å².